The number of carboxylic acids is 1. The number of likely N-dealkylation sites (tertiary alicyclic amines) is 1. The summed E-state index contributed by atoms with van der Waals surface area (Å²) in [5.41, 5.74) is 0. The van der Waals surface area contributed by atoms with Crippen LogP contribution in [0.15, 0.2) is 0 Å². The van der Waals surface area contributed by atoms with E-state index in [4.69, 9.17) is 0 Å². The highest BCUT2D eigenvalue weighted by Crippen LogP contribution is 2.31. The lowest BCUT2D eigenvalue weighted by Gasteiger charge is -2.31. The average molecular weight is 225 g/mol. The van der Waals surface area contributed by atoms with Crippen molar-refractivity contribution < 1.29 is 9.90 Å². The molecule has 3 heteroatoms. The van der Waals surface area contributed by atoms with Gasteiger partial charge in [0, 0.05) is 0 Å². The van der Waals surface area contributed by atoms with Gasteiger partial charge >= 0.3 is 5.97 Å². The third-order valence-corrected chi connectivity index (χ3v) is 4.13. The fourth-order valence-electron chi connectivity index (χ4n) is 3.30. The predicted molar refractivity (Wildman–Crippen MR) is 63.4 cm³/mol. The maximum Gasteiger partial charge on any atom is 0.321 e. The summed E-state index contributed by atoms with van der Waals surface area (Å²) in [5, 5.41) is 9.44. The molecule has 1 aliphatic heterocycles. The molecule has 1 N–H and O–H groups in total. The Morgan fingerprint density at radius 1 is 1.00 bits per heavy atom. The van der Waals surface area contributed by atoms with Gasteiger partial charge in [-0.25, -0.2) is 0 Å². The molecule has 1 atom stereocenters. The normalized spacial score (nSPS) is 26.5. The number of rotatable bonds is 3. The van der Waals surface area contributed by atoms with E-state index in [0.717, 1.165) is 25.9 Å². The Morgan fingerprint density at radius 2 is 1.56 bits per heavy atom. The molecule has 0 amide bonds. The number of hydrogen-bond donors (Lipinski definition) is 1. The van der Waals surface area contributed by atoms with Gasteiger partial charge in [-0.3, -0.25) is 9.69 Å². The zero-order chi connectivity index (χ0) is 11.4. The van der Waals surface area contributed by atoms with Crippen molar-refractivity contribution in [2.24, 2.45) is 5.92 Å². The molecule has 0 aromatic heterocycles. The van der Waals surface area contributed by atoms with Crippen molar-refractivity contribution >= 4 is 5.97 Å². The van der Waals surface area contributed by atoms with Crippen LogP contribution in [0.1, 0.15) is 51.4 Å². The molecule has 1 aliphatic carbocycles. The molecule has 1 saturated heterocycles. The van der Waals surface area contributed by atoms with Gasteiger partial charge in [0.25, 0.3) is 0 Å². The van der Waals surface area contributed by atoms with Gasteiger partial charge < -0.3 is 5.11 Å². The van der Waals surface area contributed by atoms with Gasteiger partial charge in [-0.05, 0) is 44.7 Å². The average Bonchev–Trinajstić information content (AvgIpc) is 2.62. The molecule has 0 aromatic carbocycles. The number of carbonyl (C=O) groups is 1. The summed E-state index contributed by atoms with van der Waals surface area (Å²) in [7, 11) is 0. The Hall–Kier alpha value is -0.570. The number of carboxylic acid groups (broad SMARTS) is 1. The molecule has 3 nitrogen and oxygen atoms in total. The standard InChI is InChI=1S/C13H23NO2/c15-13(16)12(11-7-3-4-8-11)14-9-5-1-2-6-10-14/h11-12H,1-10H2,(H,15,16). The molecule has 0 radical (unpaired) electrons. The van der Waals surface area contributed by atoms with Crippen LogP contribution in [0.2, 0.25) is 0 Å². The van der Waals surface area contributed by atoms with Crippen molar-refractivity contribution in [3.63, 3.8) is 0 Å². The summed E-state index contributed by atoms with van der Waals surface area (Å²) in [6.07, 6.45) is 9.58. The third-order valence-electron chi connectivity index (χ3n) is 4.13. The van der Waals surface area contributed by atoms with Crippen molar-refractivity contribution in [3.05, 3.63) is 0 Å². The van der Waals surface area contributed by atoms with Gasteiger partial charge in [0.2, 0.25) is 0 Å². The number of aliphatic carboxylic acids is 1. The lowest BCUT2D eigenvalue weighted by Crippen LogP contribution is -2.46. The second kappa shape index (κ2) is 5.67. The highest BCUT2D eigenvalue weighted by molar-refractivity contribution is 5.74. The van der Waals surface area contributed by atoms with E-state index in [1.807, 2.05) is 0 Å². The monoisotopic (exact) mass is 225 g/mol. The maximum absolute atomic E-state index is 11.5. The lowest BCUT2D eigenvalue weighted by molar-refractivity contribution is -0.145. The van der Waals surface area contributed by atoms with Crippen LogP contribution >= 0.6 is 0 Å². The topological polar surface area (TPSA) is 40.5 Å². The van der Waals surface area contributed by atoms with Crippen LogP contribution in [-0.4, -0.2) is 35.1 Å². The van der Waals surface area contributed by atoms with Crippen molar-refractivity contribution in [2.75, 3.05) is 13.1 Å². The quantitative estimate of drug-likeness (QED) is 0.802. The molecule has 2 fully saturated rings. The van der Waals surface area contributed by atoms with Crippen molar-refractivity contribution in [3.8, 4) is 0 Å². The minimum atomic E-state index is -0.589. The smallest absolute Gasteiger partial charge is 0.321 e. The number of nitrogens with zero attached hydrogens (tertiary/aromatic N) is 1. The fraction of sp³-hybridized carbons (Fsp3) is 0.923. The van der Waals surface area contributed by atoms with Crippen LogP contribution in [0.3, 0.4) is 0 Å². The van der Waals surface area contributed by atoms with Crippen molar-refractivity contribution in [1.29, 1.82) is 0 Å². The Balaban J connectivity index is 2.01. The van der Waals surface area contributed by atoms with Gasteiger partial charge in [0.1, 0.15) is 6.04 Å². The molecule has 1 heterocycles. The van der Waals surface area contributed by atoms with Gasteiger partial charge in [-0.1, -0.05) is 25.7 Å². The van der Waals surface area contributed by atoms with E-state index < -0.39 is 5.97 Å². The first-order valence-electron chi connectivity index (χ1n) is 6.76. The van der Waals surface area contributed by atoms with E-state index >= 15 is 0 Å². The first-order chi connectivity index (χ1) is 7.79. The molecule has 0 spiro atoms. The molecule has 92 valence electrons. The number of hydrogen-bond acceptors (Lipinski definition) is 2. The summed E-state index contributed by atoms with van der Waals surface area (Å²) in [6.45, 7) is 1.99. The van der Waals surface area contributed by atoms with E-state index in [1.54, 1.807) is 0 Å². The molecular formula is C13H23NO2. The molecule has 2 aliphatic rings. The molecule has 0 bridgehead atoms. The molecule has 16 heavy (non-hydrogen) atoms. The van der Waals surface area contributed by atoms with E-state index in [2.05, 4.69) is 4.90 Å². The molecule has 1 unspecified atom stereocenters. The fourth-order valence-corrected chi connectivity index (χ4v) is 3.30. The highest BCUT2D eigenvalue weighted by Gasteiger charge is 2.35. The Bertz CT molecular complexity index is 228. The zero-order valence-electron chi connectivity index (χ0n) is 10.0. The summed E-state index contributed by atoms with van der Waals surface area (Å²) >= 11 is 0. The Morgan fingerprint density at radius 3 is 2.06 bits per heavy atom. The molecule has 1 saturated carbocycles. The second-order valence-corrected chi connectivity index (χ2v) is 5.28. The Labute approximate surface area is 97.8 Å². The minimum Gasteiger partial charge on any atom is -0.480 e. The maximum atomic E-state index is 11.5. The first-order valence-corrected chi connectivity index (χ1v) is 6.76. The van der Waals surface area contributed by atoms with Gasteiger partial charge in [0.05, 0.1) is 0 Å². The minimum absolute atomic E-state index is 0.194. The zero-order valence-corrected chi connectivity index (χ0v) is 10.0. The first kappa shape index (κ1) is 11.9. The van der Waals surface area contributed by atoms with Crippen LogP contribution in [0.25, 0.3) is 0 Å². The second-order valence-electron chi connectivity index (χ2n) is 5.28. The van der Waals surface area contributed by atoms with Crippen molar-refractivity contribution in [1.82, 2.24) is 4.90 Å². The predicted octanol–water partition coefficient (Wildman–Crippen LogP) is 2.51. The lowest BCUT2D eigenvalue weighted by atomic mass is 9.96. The summed E-state index contributed by atoms with van der Waals surface area (Å²) in [4.78, 5) is 13.7. The Kier molecular flexibility index (Phi) is 4.22. The summed E-state index contributed by atoms with van der Waals surface area (Å²) < 4.78 is 0. The van der Waals surface area contributed by atoms with Gasteiger partial charge in [0.15, 0.2) is 0 Å². The van der Waals surface area contributed by atoms with Crippen LogP contribution in [0.4, 0.5) is 0 Å². The molecule has 0 aromatic rings. The van der Waals surface area contributed by atoms with Crippen LogP contribution in [0.5, 0.6) is 0 Å². The molecule has 2 rings (SSSR count). The van der Waals surface area contributed by atoms with Crippen LogP contribution < -0.4 is 0 Å². The van der Waals surface area contributed by atoms with Crippen LogP contribution in [0, 0.1) is 5.92 Å². The van der Waals surface area contributed by atoms with Crippen LogP contribution in [-0.2, 0) is 4.79 Å². The van der Waals surface area contributed by atoms with E-state index in [-0.39, 0.29) is 6.04 Å². The largest absolute Gasteiger partial charge is 0.480 e. The molecular weight excluding hydrogens is 202 g/mol. The summed E-state index contributed by atoms with van der Waals surface area (Å²) in [5.74, 6) is -0.176. The van der Waals surface area contributed by atoms with Crippen molar-refractivity contribution in [2.45, 2.75) is 57.4 Å². The van der Waals surface area contributed by atoms with E-state index in [9.17, 15) is 9.90 Å². The van der Waals surface area contributed by atoms with Gasteiger partial charge in [-0.2, -0.15) is 0 Å². The third kappa shape index (κ3) is 2.76. The SMILES string of the molecule is O=C(O)C(C1CCCC1)N1CCCCCC1. The highest BCUT2D eigenvalue weighted by atomic mass is 16.4. The summed E-state index contributed by atoms with van der Waals surface area (Å²) in [6, 6.07) is -0.194. The van der Waals surface area contributed by atoms with E-state index in [0.29, 0.717) is 5.92 Å². The van der Waals surface area contributed by atoms with Gasteiger partial charge in [-0.15, -0.1) is 0 Å². The van der Waals surface area contributed by atoms with E-state index in [1.165, 1.54) is 38.5 Å².